The predicted molar refractivity (Wildman–Crippen MR) is 116 cm³/mol. The van der Waals surface area contributed by atoms with E-state index < -0.39 is 31.4 Å². The van der Waals surface area contributed by atoms with Gasteiger partial charge in [0.25, 0.3) is 0 Å². The van der Waals surface area contributed by atoms with Gasteiger partial charge < -0.3 is 0 Å². The summed E-state index contributed by atoms with van der Waals surface area (Å²) in [5.74, 6) is -0.786. The fourth-order valence-electron chi connectivity index (χ4n) is 3.99. The van der Waals surface area contributed by atoms with Gasteiger partial charge in [0.05, 0.1) is 21.8 Å². The lowest BCUT2D eigenvalue weighted by molar-refractivity contribution is -0.123. The smallest absolute Gasteiger partial charge is 0.247 e. The summed E-state index contributed by atoms with van der Waals surface area (Å²) in [6.45, 7) is 9.39. The van der Waals surface area contributed by atoms with Crippen molar-refractivity contribution in [2.24, 2.45) is 5.41 Å². The Bertz CT molecular complexity index is 1010. The second-order valence-corrected chi connectivity index (χ2v) is 13.0. The third-order valence-corrected chi connectivity index (χ3v) is 9.31. The van der Waals surface area contributed by atoms with Crippen LogP contribution in [0.25, 0.3) is 0 Å². The maximum Gasteiger partial charge on any atom is 0.247 e. The molecule has 10 heteroatoms. The Labute approximate surface area is 179 Å². The predicted octanol–water partition coefficient (Wildman–Crippen LogP) is 1.93. The molecule has 2 aliphatic heterocycles. The number of carbonyl (C=O) groups is 1. The number of nitrogens with one attached hydrogen (secondary N) is 1. The minimum absolute atomic E-state index is 0.0315. The molecule has 30 heavy (non-hydrogen) atoms. The minimum atomic E-state index is -3.77. The van der Waals surface area contributed by atoms with Crippen LogP contribution in [0.1, 0.15) is 47.0 Å². The number of rotatable bonds is 6. The topological polar surface area (TPSA) is 104 Å². The molecule has 0 aromatic heterocycles. The molecule has 168 valence electrons. The van der Waals surface area contributed by atoms with E-state index >= 15 is 0 Å². The highest BCUT2D eigenvalue weighted by Gasteiger charge is 2.49. The molecule has 2 aliphatic rings. The Morgan fingerprint density at radius 2 is 1.63 bits per heavy atom. The van der Waals surface area contributed by atoms with E-state index in [1.54, 1.807) is 13.8 Å². The van der Waals surface area contributed by atoms with Gasteiger partial charge in [-0.05, 0) is 77.9 Å². The van der Waals surface area contributed by atoms with Gasteiger partial charge in [0.1, 0.15) is 0 Å². The van der Waals surface area contributed by atoms with E-state index in [4.69, 9.17) is 0 Å². The summed E-state index contributed by atoms with van der Waals surface area (Å²) in [5, 5.41) is 0. The average Bonchev–Trinajstić information content (AvgIpc) is 2.83. The summed E-state index contributed by atoms with van der Waals surface area (Å²) in [7, 11) is -7.54. The van der Waals surface area contributed by atoms with E-state index in [-0.39, 0.29) is 28.4 Å². The summed E-state index contributed by atoms with van der Waals surface area (Å²) in [6, 6.07) is 5.39. The first-order valence-corrected chi connectivity index (χ1v) is 13.3. The second-order valence-electron chi connectivity index (χ2n) is 9.39. The molecule has 0 spiro atoms. The summed E-state index contributed by atoms with van der Waals surface area (Å²) in [5.41, 5.74) is -1.17. The molecule has 8 nitrogen and oxygen atoms in total. The average molecular weight is 458 g/mol. The van der Waals surface area contributed by atoms with Crippen molar-refractivity contribution in [3.63, 3.8) is 0 Å². The van der Waals surface area contributed by atoms with Crippen LogP contribution >= 0.6 is 0 Å². The van der Waals surface area contributed by atoms with Crippen LogP contribution in [0.3, 0.4) is 0 Å². The fourth-order valence-corrected chi connectivity index (χ4v) is 7.30. The molecule has 2 fully saturated rings. The van der Waals surface area contributed by atoms with Crippen LogP contribution < -0.4 is 9.03 Å². The molecule has 0 aliphatic carbocycles. The van der Waals surface area contributed by atoms with Gasteiger partial charge in [-0.3, -0.25) is 9.69 Å². The Balaban J connectivity index is 1.74. The molecule has 2 saturated heterocycles. The number of hydrogen-bond donors (Lipinski definition) is 1. The zero-order valence-electron chi connectivity index (χ0n) is 18.0. The van der Waals surface area contributed by atoms with Crippen molar-refractivity contribution in [1.29, 1.82) is 0 Å². The molecule has 0 bridgehead atoms. The van der Waals surface area contributed by atoms with E-state index in [1.807, 2.05) is 13.8 Å². The molecule has 0 atom stereocenters. The zero-order valence-corrected chi connectivity index (χ0v) is 19.6. The van der Waals surface area contributed by atoms with Gasteiger partial charge in [-0.1, -0.05) is 6.42 Å². The summed E-state index contributed by atoms with van der Waals surface area (Å²) in [4.78, 5) is 14.8. The van der Waals surface area contributed by atoms with Crippen LogP contribution in [0.2, 0.25) is 0 Å². The number of likely N-dealkylation sites (tertiary alicyclic amines) is 1. The van der Waals surface area contributed by atoms with Crippen molar-refractivity contribution >= 4 is 31.6 Å². The molecule has 3 rings (SSSR count). The molecule has 0 saturated carbocycles. The summed E-state index contributed by atoms with van der Waals surface area (Å²) in [6.07, 6.45) is 3.44. The van der Waals surface area contributed by atoms with Gasteiger partial charge in [-0.2, -0.15) is 0 Å². The van der Waals surface area contributed by atoms with Crippen LogP contribution in [-0.4, -0.2) is 58.6 Å². The van der Waals surface area contributed by atoms with Gasteiger partial charge in [0.15, 0.2) is 0 Å². The summed E-state index contributed by atoms with van der Waals surface area (Å²) >= 11 is 0. The molecule has 2 heterocycles. The Morgan fingerprint density at radius 1 is 1.07 bits per heavy atom. The number of benzene rings is 1. The fraction of sp³-hybridized carbons (Fsp3) is 0.650. The van der Waals surface area contributed by atoms with Crippen LogP contribution in [-0.2, 0) is 24.8 Å². The van der Waals surface area contributed by atoms with Crippen molar-refractivity contribution in [2.75, 3.05) is 29.7 Å². The van der Waals surface area contributed by atoms with E-state index in [9.17, 15) is 21.6 Å². The molecule has 1 aromatic carbocycles. The number of carbonyl (C=O) groups excluding carboxylic acids is 1. The first kappa shape index (κ1) is 23.2. The monoisotopic (exact) mass is 457 g/mol. The lowest BCUT2D eigenvalue weighted by Crippen LogP contribution is -2.53. The van der Waals surface area contributed by atoms with E-state index in [0.717, 1.165) is 30.2 Å². The highest BCUT2D eigenvalue weighted by atomic mass is 32.2. The Morgan fingerprint density at radius 3 is 2.13 bits per heavy atom. The van der Waals surface area contributed by atoms with Crippen LogP contribution in [0, 0.1) is 5.41 Å². The SMILES string of the molecule is CC1(C)CS(=O)(=O)N(c2ccc(S(=O)(=O)NCC(C)(C)N3CCCCC3)cc2)C1=O. The second kappa shape index (κ2) is 7.89. The molecular formula is C20H31N3O5S2. The van der Waals surface area contributed by atoms with Crippen molar-refractivity contribution in [2.45, 2.75) is 57.4 Å². The van der Waals surface area contributed by atoms with Crippen molar-refractivity contribution in [3.8, 4) is 0 Å². The first-order valence-electron chi connectivity index (χ1n) is 10.2. The third kappa shape index (κ3) is 4.56. The minimum Gasteiger partial charge on any atom is -0.297 e. The molecule has 1 N–H and O–H groups in total. The molecular weight excluding hydrogens is 426 g/mol. The normalized spacial score (nSPS) is 22.4. The van der Waals surface area contributed by atoms with E-state index in [0.29, 0.717) is 0 Å². The quantitative estimate of drug-likeness (QED) is 0.700. The van der Waals surface area contributed by atoms with Crippen molar-refractivity contribution in [1.82, 2.24) is 9.62 Å². The maximum absolute atomic E-state index is 12.8. The highest BCUT2D eigenvalue weighted by Crippen LogP contribution is 2.36. The van der Waals surface area contributed by atoms with E-state index in [2.05, 4.69) is 9.62 Å². The maximum atomic E-state index is 12.8. The van der Waals surface area contributed by atoms with E-state index in [1.165, 1.54) is 30.7 Å². The van der Waals surface area contributed by atoms with Crippen molar-refractivity contribution < 1.29 is 21.6 Å². The lowest BCUT2D eigenvalue weighted by atomic mass is 9.95. The zero-order chi connectivity index (χ0) is 22.4. The van der Waals surface area contributed by atoms with Gasteiger partial charge in [-0.25, -0.2) is 25.9 Å². The van der Waals surface area contributed by atoms with Gasteiger partial charge in [0.2, 0.25) is 26.0 Å². The first-order chi connectivity index (χ1) is 13.8. The third-order valence-electron chi connectivity index (χ3n) is 5.87. The largest absolute Gasteiger partial charge is 0.297 e. The number of piperidine rings is 1. The molecule has 0 unspecified atom stereocenters. The molecule has 1 amide bonds. The number of sulfonamides is 2. The number of amides is 1. The van der Waals surface area contributed by atoms with Gasteiger partial charge in [0, 0.05) is 12.1 Å². The lowest BCUT2D eigenvalue weighted by Gasteiger charge is -2.41. The summed E-state index contributed by atoms with van der Waals surface area (Å²) < 4.78 is 53.8. The number of anilines is 1. The van der Waals surface area contributed by atoms with Crippen LogP contribution in [0.5, 0.6) is 0 Å². The molecule has 0 radical (unpaired) electrons. The van der Waals surface area contributed by atoms with Crippen molar-refractivity contribution in [3.05, 3.63) is 24.3 Å². The number of hydrogen-bond acceptors (Lipinski definition) is 6. The number of nitrogens with zero attached hydrogens (tertiary/aromatic N) is 2. The molecule has 1 aromatic rings. The van der Waals surface area contributed by atoms with Gasteiger partial charge in [-0.15, -0.1) is 0 Å². The van der Waals surface area contributed by atoms with Crippen LogP contribution in [0.4, 0.5) is 5.69 Å². The highest BCUT2D eigenvalue weighted by molar-refractivity contribution is 7.94. The standard InChI is InChI=1S/C20H31N3O5S2/c1-19(2)15-29(25,26)23(18(19)24)16-8-10-17(11-9-16)30(27,28)21-14-20(3,4)22-12-6-5-7-13-22/h8-11,21H,5-7,12-15H2,1-4H3. The Hall–Kier alpha value is -1.49. The Kier molecular flexibility index (Phi) is 6.09. The van der Waals surface area contributed by atoms with Crippen LogP contribution in [0.15, 0.2) is 29.2 Å². The van der Waals surface area contributed by atoms with Gasteiger partial charge >= 0.3 is 0 Å².